The topological polar surface area (TPSA) is 237 Å². The Morgan fingerprint density at radius 1 is 0.315 bits per heavy atom. The molecule has 0 aromatic carbocycles. The molecule has 528 valence electrons. The molecular weight excluding hydrogens is 1170 g/mol. The van der Waals surface area contributed by atoms with Gasteiger partial charge < -0.3 is 33.8 Å². The van der Waals surface area contributed by atoms with Crippen LogP contribution >= 0.6 is 15.6 Å². The number of carbonyl (C=O) groups excluding carboxylic acids is 4. The summed E-state index contributed by atoms with van der Waals surface area (Å²) in [6.07, 6.45) is 47.6. The Hall–Kier alpha value is -1.94. The largest absolute Gasteiger partial charge is 0.472 e. The number of unbranched alkanes of at least 4 members (excludes halogenated alkanes) is 37. The van der Waals surface area contributed by atoms with Crippen LogP contribution in [0.3, 0.4) is 0 Å². The number of esters is 4. The number of hydrogen-bond donors (Lipinski definition) is 3. The quantitative estimate of drug-likeness (QED) is 0.0222. The first kappa shape index (κ1) is 87.1. The van der Waals surface area contributed by atoms with E-state index in [-0.39, 0.29) is 25.7 Å². The van der Waals surface area contributed by atoms with E-state index in [2.05, 4.69) is 41.5 Å². The molecule has 0 spiro atoms. The Morgan fingerprint density at radius 2 is 0.539 bits per heavy atom. The van der Waals surface area contributed by atoms with Gasteiger partial charge in [-0.25, -0.2) is 9.13 Å². The van der Waals surface area contributed by atoms with E-state index in [4.69, 9.17) is 37.0 Å². The number of carbonyl (C=O) groups is 4. The number of rotatable bonds is 69. The summed E-state index contributed by atoms with van der Waals surface area (Å²) in [6.45, 7) is 9.45. The average Bonchev–Trinajstić information content (AvgIpc) is 3.52. The van der Waals surface area contributed by atoms with Crippen molar-refractivity contribution < 1.29 is 80.2 Å². The summed E-state index contributed by atoms with van der Waals surface area (Å²) in [4.78, 5) is 72.2. The number of ether oxygens (including phenoxy) is 4. The van der Waals surface area contributed by atoms with Gasteiger partial charge in [0.2, 0.25) is 0 Å². The van der Waals surface area contributed by atoms with E-state index in [1.54, 1.807) is 0 Å². The number of phosphoric ester groups is 2. The van der Waals surface area contributed by atoms with Gasteiger partial charge in [0.1, 0.15) is 19.3 Å². The van der Waals surface area contributed by atoms with Crippen LogP contribution in [0, 0.1) is 11.8 Å². The Morgan fingerprint density at radius 3 is 0.798 bits per heavy atom. The minimum absolute atomic E-state index is 0.104. The first-order valence-electron chi connectivity index (χ1n) is 36.6. The SMILES string of the molecule is CCCCCCCCCCCCCCCCCCCCCCC(=O)O[C@H](COC(=O)CCCCCCCCCCC(C)CC)COP(=O)(O)OC[C@@H](O)COP(=O)(O)OC[C@@H](COC(=O)CCCCCCC)OC(=O)CCCCCCCCCCC(C)CC. The summed E-state index contributed by atoms with van der Waals surface area (Å²) in [5.74, 6) is -0.591. The molecule has 0 aromatic heterocycles. The zero-order chi connectivity index (χ0) is 65.7. The van der Waals surface area contributed by atoms with Crippen molar-refractivity contribution in [2.75, 3.05) is 39.6 Å². The van der Waals surface area contributed by atoms with Crippen molar-refractivity contribution in [3.8, 4) is 0 Å². The summed E-state index contributed by atoms with van der Waals surface area (Å²) < 4.78 is 68.1. The molecule has 89 heavy (non-hydrogen) atoms. The van der Waals surface area contributed by atoms with Gasteiger partial charge in [-0.3, -0.25) is 37.3 Å². The summed E-state index contributed by atoms with van der Waals surface area (Å²) in [5, 5.41) is 10.6. The number of aliphatic hydroxyl groups is 1. The first-order chi connectivity index (χ1) is 42.9. The smallest absolute Gasteiger partial charge is 0.462 e. The second-order valence-corrected chi connectivity index (χ2v) is 28.7. The maximum absolute atomic E-state index is 13.0. The van der Waals surface area contributed by atoms with E-state index < -0.39 is 97.5 Å². The zero-order valence-electron chi connectivity index (χ0n) is 57.7. The lowest BCUT2D eigenvalue weighted by molar-refractivity contribution is -0.161. The van der Waals surface area contributed by atoms with Crippen LogP contribution < -0.4 is 0 Å². The minimum atomic E-state index is -4.95. The summed E-state index contributed by atoms with van der Waals surface area (Å²) in [7, 11) is -9.89. The Balaban J connectivity index is 5.13. The molecule has 19 heteroatoms. The van der Waals surface area contributed by atoms with Gasteiger partial charge >= 0.3 is 39.5 Å². The molecular formula is C70H136O17P2. The maximum Gasteiger partial charge on any atom is 0.472 e. The van der Waals surface area contributed by atoms with Crippen LogP contribution in [0.15, 0.2) is 0 Å². The normalized spacial score (nSPS) is 14.8. The fourth-order valence-corrected chi connectivity index (χ4v) is 12.1. The Bertz CT molecular complexity index is 1740. The molecule has 0 bridgehead atoms. The van der Waals surface area contributed by atoms with Gasteiger partial charge in [0.25, 0.3) is 0 Å². The third kappa shape index (κ3) is 62.0. The van der Waals surface area contributed by atoms with Gasteiger partial charge in [0.15, 0.2) is 12.2 Å². The molecule has 0 rings (SSSR count). The van der Waals surface area contributed by atoms with E-state index in [0.717, 1.165) is 108 Å². The third-order valence-corrected chi connectivity index (χ3v) is 18.8. The van der Waals surface area contributed by atoms with Gasteiger partial charge in [0.05, 0.1) is 26.4 Å². The minimum Gasteiger partial charge on any atom is -0.462 e. The van der Waals surface area contributed by atoms with Crippen molar-refractivity contribution in [3.05, 3.63) is 0 Å². The van der Waals surface area contributed by atoms with Gasteiger partial charge in [-0.05, 0) is 37.5 Å². The Kier molecular flexibility index (Phi) is 60.8. The molecule has 17 nitrogen and oxygen atoms in total. The van der Waals surface area contributed by atoms with Gasteiger partial charge in [-0.1, -0.05) is 305 Å². The lowest BCUT2D eigenvalue weighted by atomic mass is 9.99. The molecule has 0 saturated heterocycles. The van der Waals surface area contributed by atoms with Crippen LogP contribution in [0.1, 0.15) is 356 Å². The van der Waals surface area contributed by atoms with Crippen LogP contribution in [0.25, 0.3) is 0 Å². The summed E-state index contributed by atoms with van der Waals surface area (Å²) >= 11 is 0. The molecule has 0 radical (unpaired) electrons. The highest BCUT2D eigenvalue weighted by Gasteiger charge is 2.30. The van der Waals surface area contributed by atoms with Crippen molar-refractivity contribution in [3.63, 3.8) is 0 Å². The van der Waals surface area contributed by atoms with Crippen LogP contribution in [-0.2, 0) is 65.4 Å². The van der Waals surface area contributed by atoms with Crippen LogP contribution in [0.4, 0.5) is 0 Å². The molecule has 0 heterocycles. The second kappa shape index (κ2) is 62.2. The summed E-state index contributed by atoms with van der Waals surface area (Å²) in [6, 6.07) is 0. The number of hydrogen-bond acceptors (Lipinski definition) is 15. The van der Waals surface area contributed by atoms with Crippen molar-refractivity contribution >= 4 is 39.5 Å². The molecule has 0 aliphatic carbocycles. The van der Waals surface area contributed by atoms with Crippen LogP contribution in [0.2, 0.25) is 0 Å². The highest BCUT2D eigenvalue weighted by molar-refractivity contribution is 7.47. The summed E-state index contributed by atoms with van der Waals surface area (Å²) in [5.41, 5.74) is 0. The van der Waals surface area contributed by atoms with Gasteiger partial charge in [-0.2, -0.15) is 0 Å². The van der Waals surface area contributed by atoms with Crippen molar-refractivity contribution in [2.45, 2.75) is 374 Å². The van der Waals surface area contributed by atoms with Gasteiger partial charge in [0, 0.05) is 25.7 Å². The first-order valence-corrected chi connectivity index (χ1v) is 39.6. The molecule has 0 fully saturated rings. The lowest BCUT2D eigenvalue weighted by Crippen LogP contribution is -2.30. The molecule has 4 unspecified atom stereocenters. The number of aliphatic hydroxyl groups excluding tert-OH is 1. The van der Waals surface area contributed by atoms with E-state index >= 15 is 0 Å². The molecule has 3 N–H and O–H groups in total. The van der Waals surface area contributed by atoms with E-state index in [0.29, 0.717) is 25.7 Å². The molecule has 0 saturated carbocycles. The molecule has 7 atom stereocenters. The average molecular weight is 1310 g/mol. The third-order valence-electron chi connectivity index (χ3n) is 16.9. The lowest BCUT2D eigenvalue weighted by Gasteiger charge is -2.21. The molecule has 0 aliphatic heterocycles. The predicted molar refractivity (Wildman–Crippen MR) is 358 cm³/mol. The van der Waals surface area contributed by atoms with Crippen molar-refractivity contribution in [1.82, 2.24) is 0 Å². The highest BCUT2D eigenvalue weighted by Crippen LogP contribution is 2.45. The number of phosphoric acid groups is 2. The second-order valence-electron chi connectivity index (χ2n) is 25.8. The monoisotopic (exact) mass is 1310 g/mol. The van der Waals surface area contributed by atoms with E-state index in [1.165, 1.54) is 167 Å². The maximum atomic E-state index is 13.0. The van der Waals surface area contributed by atoms with Gasteiger partial charge in [-0.15, -0.1) is 0 Å². The molecule has 0 amide bonds. The van der Waals surface area contributed by atoms with Crippen LogP contribution in [-0.4, -0.2) is 96.7 Å². The predicted octanol–water partition coefficient (Wildman–Crippen LogP) is 20.0. The van der Waals surface area contributed by atoms with E-state index in [9.17, 15) is 43.2 Å². The standard InChI is InChI=1S/C70H136O17P2/c1-7-11-13-15-16-17-18-19-20-21-22-23-24-25-26-27-28-36-42-48-54-69(74)87-66(59-81-68(73)53-47-41-35-31-29-33-39-44-50-62(5)9-3)61-85-89(78,79)83-57-64(71)56-82-88(76,77)84-60-65(58-80-67(72)52-46-38-14-12-8-2)86-70(75)55-49-43-37-32-30-34-40-45-51-63(6)10-4/h62-66,71H,7-61H2,1-6H3,(H,76,77)(H,78,79)/t62?,63?,64-,65+,66+/m0/s1. The fourth-order valence-electron chi connectivity index (χ4n) is 10.5. The highest BCUT2D eigenvalue weighted by atomic mass is 31.2. The Labute approximate surface area is 543 Å². The fraction of sp³-hybridized carbons (Fsp3) is 0.943. The molecule has 0 aliphatic rings. The van der Waals surface area contributed by atoms with Crippen molar-refractivity contribution in [1.29, 1.82) is 0 Å². The van der Waals surface area contributed by atoms with Crippen molar-refractivity contribution in [2.24, 2.45) is 11.8 Å². The zero-order valence-corrected chi connectivity index (χ0v) is 59.5. The molecule has 0 aromatic rings. The van der Waals surface area contributed by atoms with E-state index in [1.807, 2.05) is 0 Å². The van der Waals surface area contributed by atoms with Crippen LogP contribution in [0.5, 0.6) is 0 Å².